The Hall–Kier alpha value is -0.890. The van der Waals surface area contributed by atoms with Crippen LogP contribution in [-0.2, 0) is 6.42 Å². The first-order valence-corrected chi connectivity index (χ1v) is 7.50. The highest BCUT2D eigenvalue weighted by atomic mass is 14.9. The standard InChI is InChI=1S/C16H24N2/c1-12(11-18-15-7-8-15)10-14-5-2-4-13-6-3-9-17-16(13)14/h3,6,9,12,14-15,18H,2,4-5,7-8,10-11H2,1H3. The van der Waals surface area contributed by atoms with E-state index in [1.807, 2.05) is 6.20 Å². The van der Waals surface area contributed by atoms with Gasteiger partial charge in [0.25, 0.3) is 0 Å². The van der Waals surface area contributed by atoms with Crippen LogP contribution >= 0.6 is 0 Å². The van der Waals surface area contributed by atoms with Gasteiger partial charge in [0, 0.05) is 23.9 Å². The predicted molar refractivity (Wildman–Crippen MR) is 74.7 cm³/mol. The van der Waals surface area contributed by atoms with Crippen molar-refractivity contribution in [1.29, 1.82) is 0 Å². The molecule has 0 radical (unpaired) electrons. The highest BCUT2D eigenvalue weighted by molar-refractivity contribution is 5.25. The van der Waals surface area contributed by atoms with E-state index in [2.05, 4.69) is 29.4 Å². The smallest absolute Gasteiger partial charge is 0.0466 e. The van der Waals surface area contributed by atoms with Crippen molar-refractivity contribution in [3.8, 4) is 0 Å². The topological polar surface area (TPSA) is 24.9 Å². The monoisotopic (exact) mass is 244 g/mol. The van der Waals surface area contributed by atoms with Gasteiger partial charge in [-0.2, -0.15) is 0 Å². The van der Waals surface area contributed by atoms with Crippen molar-refractivity contribution >= 4 is 0 Å². The summed E-state index contributed by atoms with van der Waals surface area (Å²) in [5.41, 5.74) is 2.89. The van der Waals surface area contributed by atoms with Crippen LogP contribution < -0.4 is 5.32 Å². The maximum absolute atomic E-state index is 4.64. The van der Waals surface area contributed by atoms with Crippen LogP contribution in [0, 0.1) is 5.92 Å². The fourth-order valence-electron chi connectivity index (χ4n) is 3.16. The van der Waals surface area contributed by atoms with Gasteiger partial charge in [0.05, 0.1) is 0 Å². The molecule has 3 rings (SSSR count). The molecule has 1 saturated carbocycles. The van der Waals surface area contributed by atoms with Crippen LogP contribution in [0.4, 0.5) is 0 Å². The van der Waals surface area contributed by atoms with Crippen LogP contribution in [0.5, 0.6) is 0 Å². The van der Waals surface area contributed by atoms with E-state index in [4.69, 9.17) is 0 Å². The van der Waals surface area contributed by atoms with Crippen molar-refractivity contribution in [1.82, 2.24) is 10.3 Å². The Morgan fingerprint density at radius 3 is 3.11 bits per heavy atom. The SMILES string of the molecule is CC(CNC1CC1)CC1CCCc2cccnc21. The lowest BCUT2D eigenvalue weighted by atomic mass is 9.81. The lowest BCUT2D eigenvalue weighted by Crippen LogP contribution is -2.25. The summed E-state index contributed by atoms with van der Waals surface area (Å²) in [4.78, 5) is 4.64. The Balaban J connectivity index is 1.58. The summed E-state index contributed by atoms with van der Waals surface area (Å²) in [6.45, 7) is 3.57. The summed E-state index contributed by atoms with van der Waals surface area (Å²) in [7, 11) is 0. The average molecular weight is 244 g/mol. The minimum atomic E-state index is 0.700. The number of pyridine rings is 1. The Bertz CT molecular complexity index is 398. The number of aryl methyl sites for hydroxylation is 1. The minimum absolute atomic E-state index is 0.700. The molecular formula is C16H24N2. The third kappa shape index (κ3) is 2.92. The van der Waals surface area contributed by atoms with Gasteiger partial charge in [0.15, 0.2) is 0 Å². The second-order valence-corrected chi connectivity index (χ2v) is 6.16. The van der Waals surface area contributed by atoms with E-state index >= 15 is 0 Å². The molecule has 1 heterocycles. The number of nitrogens with one attached hydrogen (secondary N) is 1. The average Bonchev–Trinajstić information content (AvgIpc) is 3.21. The van der Waals surface area contributed by atoms with Crippen molar-refractivity contribution in [2.24, 2.45) is 5.92 Å². The van der Waals surface area contributed by atoms with E-state index in [9.17, 15) is 0 Å². The predicted octanol–water partition coefficient (Wildman–Crippen LogP) is 3.28. The van der Waals surface area contributed by atoms with Crippen molar-refractivity contribution < 1.29 is 0 Å². The quantitative estimate of drug-likeness (QED) is 0.860. The molecule has 2 atom stereocenters. The maximum Gasteiger partial charge on any atom is 0.0466 e. The van der Waals surface area contributed by atoms with E-state index in [0.717, 1.165) is 12.0 Å². The van der Waals surface area contributed by atoms with E-state index in [-0.39, 0.29) is 0 Å². The highest BCUT2D eigenvalue weighted by Crippen LogP contribution is 2.34. The molecule has 2 unspecified atom stereocenters. The maximum atomic E-state index is 4.64. The molecule has 2 aliphatic rings. The van der Waals surface area contributed by atoms with Gasteiger partial charge < -0.3 is 5.32 Å². The first-order chi connectivity index (χ1) is 8.83. The number of fused-ring (bicyclic) bond motifs is 1. The van der Waals surface area contributed by atoms with Gasteiger partial charge in [-0.1, -0.05) is 13.0 Å². The molecule has 0 aromatic carbocycles. The Morgan fingerprint density at radius 1 is 1.39 bits per heavy atom. The van der Waals surface area contributed by atoms with Gasteiger partial charge in [-0.05, 0) is 62.6 Å². The number of rotatable bonds is 5. The molecule has 0 amide bonds. The third-order valence-corrected chi connectivity index (χ3v) is 4.33. The summed E-state index contributed by atoms with van der Waals surface area (Å²) in [6, 6.07) is 5.19. The fraction of sp³-hybridized carbons (Fsp3) is 0.688. The van der Waals surface area contributed by atoms with E-state index < -0.39 is 0 Å². The van der Waals surface area contributed by atoms with Crippen molar-refractivity contribution in [2.45, 2.75) is 57.4 Å². The molecule has 2 heteroatoms. The van der Waals surface area contributed by atoms with Crippen molar-refractivity contribution in [2.75, 3.05) is 6.54 Å². The first-order valence-electron chi connectivity index (χ1n) is 7.50. The summed E-state index contributed by atoms with van der Waals surface area (Å²) in [6.07, 6.45) is 9.94. The summed E-state index contributed by atoms with van der Waals surface area (Å²) < 4.78 is 0. The number of aromatic nitrogens is 1. The first kappa shape index (κ1) is 12.2. The van der Waals surface area contributed by atoms with Crippen LogP contribution in [0.2, 0.25) is 0 Å². The van der Waals surface area contributed by atoms with Gasteiger partial charge in [-0.25, -0.2) is 0 Å². The van der Waals surface area contributed by atoms with E-state index in [0.29, 0.717) is 5.92 Å². The van der Waals surface area contributed by atoms with Crippen LogP contribution in [0.15, 0.2) is 18.3 Å². The van der Waals surface area contributed by atoms with Gasteiger partial charge in [-0.15, -0.1) is 0 Å². The molecule has 1 aromatic rings. The Kier molecular flexibility index (Phi) is 3.64. The Labute approximate surface area is 110 Å². The lowest BCUT2D eigenvalue weighted by molar-refractivity contribution is 0.399. The molecule has 18 heavy (non-hydrogen) atoms. The van der Waals surface area contributed by atoms with Crippen molar-refractivity contribution in [3.05, 3.63) is 29.6 Å². The molecule has 1 aromatic heterocycles. The van der Waals surface area contributed by atoms with Crippen molar-refractivity contribution in [3.63, 3.8) is 0 Å². The largest absolute Gasteiger partial charge is 0.314 e. The number of nitrogens with zero attached hydrogens (tertiary/aromatic N) is 1. The molecule has 2 nitrogen and oxygen atoms in total. The summed E-state index contributed by atoms with van der Waals surface area (Å²) in [5.74, 6) is 1.47. The molecule has 0 saturated heterocycles. The summed E-state index contributed by atoms with van der Waals surface area (Å²) in [5, 5.41) is 3.65. The van der Waals surface area contributed by atoms with Gasteiger partial charge in [0.1, 0.15) is 0 Å². The van der Waals surface area contributed by atoms with Crippen LogP contribution in [0.1, 0.15) is 56.2 Å². The zero-order chi connectivity index (χ0) is 12.4. The molecular weight excluding hydrogens is 220 g/mol. The second-order valence-electron chi connectivity index (χ2n) is 6.16. The van der Waals surface area contributed by atoms with Crippen LogP contribution in [0.25, 0.3) is 0 Å². The normalized spacial score (nSPS) is 24.6. The minimum Gasteiger partial charge on any atom is -0.314 e. The molecule has 1 fully saturated rings. The number of hydrogen-bond donors (Lipinski definition) is 1. The molecule has 1 N–H and O–H groups in total. The zero-order valence-electron chi connectivity index (χ0n) is 11.4. The highest BCUT2D eigenvalue weighted by Gasteiger charge is 2.25. The molecule has 98 valence electrons. The zero-order valence-corrected chi connectivity index (χ0v) is 11.4. The molecule has 0 spiro atoms. The number of hydrogen-bond acceptors (Lipinski definition) is 2. The van der Waals surface area contributed by atoms with Gasteiger partial charge >= 0.3 is 0 Å². The molecule has 0 aliphatic heterocycles. The third-order valence-electron chi connectivity index (χ3n) is 4.33. The molecule has 0 bridgehead atoms. The van der Waals surface area contributed by atoms with E-state index in [1.54, 1.807) is 0 Å². The molecule has 2 aliphatic carbocycles. The van der Waals surface area contributed by atoms with Crippen LogP contribution in [0.3, 0.4) is 0 Å². The summed E-state index contributed by atoms with van der Waals surface area (Å²) >= 11 is 0. The van der Waals surface area contributed by atoms with Gasteiger partial charge in [-0.3, -0.25) is 4.98 Å². The lowest BCUT2D eigenvalue weighted by Gasteiger charge is -2.26. The second kappa shape index (κ2) is 5.40. The van der Waals surface area contributed by atoms with E-state index in [1.165, 1.54) is 56.3 Å². The van der Waals surface area contributed by atoms with Gasteiger partial charge in [0.2, 0.25) is 0 Å². The fourth-order valence-corrected chi connectivity index (χ4v) is 3.16. The van der Waals surface area contributed by atoms with Crippen LogP contribution in [-0.4, -0.2) is 17.6 Å². The Morgan fingerprint density at radius 2 is 2.28 bits per heavy atom.